The van der Waals surface area contributed by atoms with E-state index in [0.29, 0.717) is 16.9 Å². The number of benzene rings is 4. The Kier molecular flexibility index (Phi) is 5.57. The monoisotopic (exact) mass is 467 g/mol. The van der Waals surface area contributed by atoms with E-state index in [9.17, 15) is 14.4 Å². The van der Waals surface area contributed by atoms with Crippen LogP contribution in [0.15, 0.2) is 108 Å². The van der Waals surface area contributed by atoms with Crippen molar-refractivity contribution >= 4 is 57.2 Å². The number of hydrogen-bond donors (Lipinski definition) is 2. The number of halogens is 1. The molecular formula is C27H18ClN3O3. The first-order valence-electron chi connectivity index (χ1n) is 10.5. The Hall–Kier alpha value is -4.42. The summed E-state index contributed by atoms with van der Waals surface area (Å²) in [6.07, 6.45) is 0. The van der Waals surface area contributed by atoms with E-state index in [2.05, 4.69) is 10.6 Å². The minimum atomic E-state index is -0.591. The van der Waals surface area contributed by atoms with Gasteiger partial charge in [0.05, 0.1) is 5.69 Å². The first-order valence-corrected chi connectivity index (χ1v) is 10.9. The van der Waals surface area contributed by atoms with Crippen LogP contribution in [0.1, 0.15) is 10.4 Å². The van der Waals surface area contributed by atoms with Crippen LogP contribution < -0.4 is 15.5 Å². The van der Waals surface area contributed by atoms with Gasteiger partial charge in [0.2, 0.25) is 0 Å². The Bertz CT molecular complexity index is 1460. The van der Waals surface area contributed by atoms with Crippen molar-refractivity contribution in [1.29, 1.82) is 0 Å². The molecule has 0 saturated carbocycles. The number of imide groups is 1. The minimum absolute atomic E-state index is 0.0107. The van der Waals surface area contributed by atoms with Gasteiger partial charge in [-0.3, -0.25) is 14.4 Å². The minimum Gasteiger partial charge on any atom is -0.350 e. The second-order valence-electron chi connectivity index (χ2n) is 7.65. The molecule has 0 saturated heterocycles. The van der Waals surface area contributed by atoms with Gasteiger partial charge in [-0.2, -0.15) is 0 Å². The number of carbonyl (C=O) groups is 3. The van der Waals surface area contributed by atoms with Gasteiger partial charge in [-0.1, -0.05) is 66.2 Å². The fourth-order valence-corrected chi connectivity index (χ4v) is 4.01. The molecule has 0 radical (unpaired) electrons. The van der Waals surface area contributed by atoms with E-state index in [1.165, 1.54) is 0 Å². The number of para-hydroxylation sites is 1. The number of hydrogen-bond acceptors (Lipinski definition) is 4. The molecule has 6 nitrogen and oxygen atoms in total. The maximum atomic E-state index is 12.9. The average molecular weight is 468 g/mol. The lowest BCUT2D eigenvalue weighted by atomic mass is 10.1. The van der Waals surface area contributed by atoms with Crippen LogP contribution in [0, 0.1) is 0 Å². The van der Waals surface area contributed by atoms with Crippen LogP contribution in [0.2, 0.25) is 0 Å². The largest absolute Gasteiger partial charge is 0.350 e. The summed E-state index contributed by atoms with van der Waals surface area (Å²) in [6, 6.07) is 28.7. The molecule has 1 aliphatic rings. The standard InChI is InChI=1S/C27H18ClN3O3/c28-23-24(27(34)31(26(23)33)20-9-2-1-3-10-20)29-19-15-13-18(14-16-19)25(32)30-22-12-6-8-17-7-4-5-11-21(17)22/h1-16,29H,(H,30,32). The molecule has 7 heteroatoms. The van der Waals surface area contributed by atoms with Crippen LogP contribution in [0.5, 0.6) is 0 Å². The molecule has 0 fully saturated rings. The van der Waals surface area contributed by atoms with Gasteiger partial charge in [0.15, 0.2) is 0 Å². The zero-order chi connectivity index (χ0) is 23.7. The molecule has 0 aliphatic carbocycles. The zero-order valence-corrected chi connectivity index (χ0v) is 18.5. The Morgan fingerprint density at radius 2 is 1.41 bits per heavy atom. The molecule has 0 atom stereocenters. The number of amides is 3. The van der Waals surface area contributed by atoms with Gasteiger partial charge in [0, 0.05) is 22.3 Å². The third-order valence-electron chi connectivity index (χ3n) is 5.50. The van der Waals surface area contributed by atoms with E-state index in [-0.39, 0.29) is 16.6 Å². The molecule has 2 N–H and O–H groups in total. The van der Waals surface area contributed by atoms with Crippen molar-refractivity contribution in [1.82, 2.24) is 0 Å². The summed E-state index contributed by atoms with van der Waals surface area (Å²) in [4.78, 5) is 39.2. The highest BCUT2D eigenvalue weighted by molar-refractivity contribution is 6.53. The Morgan fingerprint density at radius 3 is 2.18 bits per heavy atom. The van der Waals surface area contributed by atoms with Crippen LogP contribution >= 0.6 is 11.6 Å². The lowest BCUT2D eigenvalue weighted by molar-refractivity contribution is -0.120. The molecule has 1 heterocycles. The normalized spacial score (nSPS) is 13.5. The third kappa shape index (κ3) is 3.91. The summed E-state index contributed by atoms with van der Waals surface area (Å²) in [5.74, 6) is -1.40. The number of carbonyl (C=O) groups excluding carboxylic acids is 3. The van der Waals surface area contributed by atoms with Crippen LogP contribution in [0.4, 0.5) is 17.1 Å². The number of fused-ring (bicyclic) bond motifs is 1. The highest BCUT2D eigenvalue weighted by atomic mass is 35.5. The summed E-state index contributed by atoms with van der Waals surface area (Å²) in [5, 5.41) is 7.65. The zero-order valence-electron chi connectivity index (χ0n) is 17.8. The second kappa shape index (κ2) is 8.84. The number of nitrogens with one attached hydrogen (secondary N) is 2. The fraction of sp³-hybridized carbons (Fsp3) is 0. The average Bonchev–Trinajstić information content (AvgIpc) is 3.08. The molecule has 4 aromatic rings. The highest BCUT2D eigenvalue weighted by Crippen LogP contribution is 2.30. The molecule has 0 bridgehead atoms. The molecule has 0 spiro atoms. The van der Waals surface area contributed by atoms with E-state index in [0.717, 1.165) is 21.4 Å². The number of nitrogens with zero attached hydrogens (tertiary/aromatic N) is 1. The maximum absolute atomic E-state index is 12.9. The molecule has 34 heavy (non-hydrogen) atoms. The van der Waals surface area contributed by atoms with E-state index >= 15 is 0 Å². The van der Waals surface area contributed by atoms with Crippen LogP contribution in [0.3, 0.4) is 0 Å². The Labute approximate surface area is 200 Å². The van der Waals surface area contributed by atoms with E-state index in [1.807, 2.05) is 42.5 Å². The van der Waals surface area contributed by atoms with Crippen LogP contribution in [0.25, 0.3) is 10.8 Å². The third-order valence-corrected chi connectivity index (χ3v) is 5.85. The summed E-state index contributed by atoms with van der Waals surface area (Å²) in [5.41, 5.74) is 2.11. The molecule has 166 valence electrons. The maximum Gasteiger partial charge on any atom is 0.283 e. The molecule has 3 amide bonds. The smallest absolute Gasteiger partial charge is 0.283 e. The quantitative estimate of drug-likeness (QED) is 0.378. The van der Waals surface area contributed by atoms with Gasteiger partial charge in [-0.25, -0.2) is 4.90 Å². The lowest BCUT2D eigenvalue weighted by Gasteiger charge is -2.15. The molecule has 0 unspecified atom stereocenters. The summed E-state index contributed by atoms with van der Waals surface area (Å²) >= 11 is 6.18. The molecular weight excluding hydrogens is 450 g/mol. The SMILES string of the molecule is O=C(Nc1cccc2ccccc12)c1ccc(NC2=C(Cl)C(=O)N(c3ccccc3)C2=O)cc1. The van der Waals surface area contributed by atoms with Crippen molar-refractivity contribution in [3.8, 4) is 0 Å². The molecule has 5 rings (SSSR count). The Morgan fingerprint density at radius 1 is 0.735 bits per heavy atom. The topological polar surface area (TPSA) is 78.5 Å². The first-order chi connectivity index (χ1) is 16.5. The molecule has 4 aromatic carbocycles. The Balaban J connectivity index is 1.32. The van der Waals surface area contributed by atoms with Gasteiger partial charge < -0.3 is 10.6 Å². The van der Waals surface area contributed by atoms with Crippen molar-refractivity contribution < 1.29 is 14.4 Å². The molecule has 0 aromatic heterocycles. The number of anilines is 3. The van der Waals surface area contributed by atoms with Crippen molar-refractivity contribution in [3.05, 3.63) is 113 Å². The summed E-state index contributed by atoms with van der Waals surface area (Å²) in [6.45, 7) is 0. The van der Waals surface area contributed by atoms with Gasteiger partial charge in [-0.05, 0) is 47.9 Å². The summed E-state index contributed by atoms with van der Waals surface area (Å²) < 4.78 is 0. The van der Waals surface area contributed by atoms with Crippen molar-refractivity contribution in [3.63, 3.8) is 0 Å². The van der Waals surface area contributed by atoms with E-state index < -0.39 is 11.8 Å². The van der Waals surface area contributed by atoms with E-state index in [4.69, 9.17) is 11.6 Å². The summed E-state index contributed by atoms with van der Waals surface area (Å²) in [7, 11) is 0. The van der Waals surface area contributed by atoms with Crippen molar-refractivity contribution in [2.45, 2.75) is 0 Å². The highest BCUT2D eigenvalue weighted by Gasteiger charge is 2.38. The van der Waals surface area contributed by atoms with Crippen LogP contribution in [-0.4, -0.2) is 17.7 Å². The van der Waals surface area contributed by atoms with E-state index in [1.54, 1.807) is 54.6 Å². The van der Waals surface area contributed by atoms with Crippen molar-refractivity contribution in [2.24, 2.45) is 0 Å². The number of rotatable bonds is 5. The van der Waals surface area contributed by atoms with Gasteiger partial charge in [0.1, 0.15) is 10.7 Å². The van der Waals surface area contributed by atoms with Crippen molar-refractivity contribution in [2.75, 3.05) is 15.5 Å². The second-order valence-corrected chi connectivity index (χ2v) is 8.03. The van der Waals surface area contributed by atoms with Gasteiger partial charge in [-0.15, -0.1) is 0 Å². The van der Waals surface area contributed by atoms with Gasteiger partial charge >= 0.3 is 0 Å². The predicted octanol–water partition coefficient (Wildman–Crippen LogP) is 5.53. The molecule has 1 aliphatic heterocycles. The first kappa shape index (κ1) is 21.4. The lowest BCUT2D eigenvalue weighted by Crippen LogP contribution is -2.32. The predicted molar refractivity (Wildman–Crippen MR) is 134 cm³/mol. The fourth-order valence-electron chi connectivity index (χ4n) is 3.80. The van der Waals surface area contributed by atoms with Crippen LogP contribution in [-0.2, 0) is 9.59 Å². The van der Waals surface area contributed by atoms with Gasteiger partial charge in [0.25, 0.3) is 17.7 Å².